The number of hydrogen-bond acceptors (Lipinski definition) is 5. The molecule has 0 spiro atoms. The second-order valence-electron chi connectivity index (χ2n) is 4.28. The molecule has 0 aliphatic carbocycles. The lowest BCUT2D eigenvalue weighted by Gasteiger charge is -2.09. The van der Waals surface area contributed by atoms with Crippen LogP contribution in [0.2, 0.25) is 5.02 Å². The number of rotatable bonds is 6. The second-order valence-corrected chi connectivity index (χ2v) is 4.72. The number of ketones is 1. The standard InChI is InChI=1S/C15H12ClNO5/c1-21-14-5-3-2-4-11(14)13(18)9-22-15-7-6-10(16)8-12(15)17(19)20/h2-8H,9H2,1H3. The summed E-state index contributed by atoms with van der Waals surface area (Å²) in [5.74, 6) is 0.0565. The molecule has 0 bridgehead atoms. The fourth-order valence-electron chi connectivity index (χ4n) is 1.85. The zero-order valence-electron chi connectivity index (χ0n) is 11.6. The first-order valence-corrected chi connectivity index (χ1v) is 6.63. The van der Waals surface area contributed by atoms with E-state index in [1.165, 1.54) is 25.3 Å². The maximum absolute atomic E-state index is 12.1. The second kappa shape index (κ2) is 6.91. The molecule has 0 unspecified atom stereocenters. The number of hydrogen-bond donors (Lipinski definition) is 0. The van der Waals surface area contributed by atoms with Crippen molar-refractivity contribution in [1.82, 2.24) is 0 Å². The van der Waals surface area contributed by atoms with Crippen LogP contribution >= 0.6 is 11.6 Å². The Bertz CT molecular complexity index is 717. The summed E-state index contributed by atoms with van der Waals surface area (Å²) in [4.78, 5) is 22.5. The molecule has 0 saturated heterocycles. The Hall–Kier alpha value is -2.60. The predicted molar refractivity (Wildman–Crippen MR) is 80.9 cm³/mol. The van der Waals surface area contributed by atoms with Gasteiger partial charge in [-0.2, -0.15) is 0 Å². The van der Waals surface area contributed by atoms with Crippen molar-refractivity contribution in [2.75, 3.05) is 13.7 Å². The number of carbonyl (C=O) groups is 1. The minimum Gasteiger partial charge on any atom is -0.496 e. The van der Waals surface area contributed by atoms with Crippen LogP contribution in [0, 0.1) is 10.1 Å². The van der Waals surface area contributed by atoms with Crippen LogP contribution in [0.1, 0.15) is 10.4 Å². The van der Waals surface area contributed by atoms with Gasteiger partial charge in [-0.25, -0.2) is 0 Å². The zero-order chi connectivity index (χ0) is 16.1. The smallest absolute Gasteiger partial charge is 0.312 e. The first kappa shape index (κ1) is 15.8. The van der Waals surface area contributed by atoms with Gasteiger partial charge in [0.05, 0.1) is 17.6 Å². The fourth-order valence-corrected chi connectivity index (χ4v) is 2.02. The van der Waals surface area contributed by atoms with Gasteiger partial charge in [0.1, 0.15) is 5.75 Å². The van der Waals surface area contributed by atoms with Crippen molar-refractivity contribution < 1.29 is 19.2 Å². The lowest BCUT2D eigenvalue weighted by atomic mass is 10.1. The molecule has 6 nitrogen and oxygen atoms in total. The van der Waals surface area contributed by atoms with E-state index in [0.717, 1.165) is 0 Å². The summed E-state index contributed by atoms with van der Waals surface area (Å²) in [5, 5.41) is 11.2. The Kier molecular flexibility index (Phi) is 4.95. The minimum absolute atomic E-state index is 0.0161. The van der Waals surface area contributed by atoms with Crippen LogP contribution in [0.25, 0.3) is 0 Å². The highest BCUT2D eigenvalue weighted by Crippen LogP contribution is 2.30. The van der Waals surface area contributed by atoms with Crippen LogP contribution in [-0.2, 0) is 0 Å². The number of nitro groups is 1. The van der Waals surface area contributed by atoms with E-state index in [2.05, 4.69) is 0 Å². The number of nitrogens with zero attached hydrogens (tertiary/aromatic N) is 1. The van der Waals surface area contributed by atoms with Crippen LogP contribution in [0.15, 0.2) is 42.5 Å². The molecular weight excluding hydrogens is 310 g/mol. The molecule has 0 N–H and O–H groups in total. The summed E-state index contributed by atoms with van der Waals surface area (Å²) in [5.41, 5.74) is 0.0574. The average Bonchev–Trinajstić information content (AvgIpc) is 2.53. The van der Waals surface area contributed by atoms with Gasteiger partial charge in [-0.1, -0.05) is 23.7 Å². The maximum atomic E-state index is 12.1. The molecule has 0 atom stereocenters. The predicted octanol–water partition coefficient (Wildman–Crippen LogP) is 3.52. The largest absolute Gasteiger partial charge is 0.496 e. The third-order valence-electron chi connectivity index (χ3n) is 2.88. The normalized spacial score (nSPS) is 10.1. The van der Waals surface area contributed by atoms with Crippen LogP contribution in [0.4, 0.5) is 5.69 Å². The molecule has 0 aliphatic heterocycles. The lowest BCUT2D eigenvalue weighted by Crippen LogP contribution is -2.13. The van der Waals surface area contributed by atoms with Gasteiger partial charge in [0, 0.05) is 11.1 Å². The van der Waals surface area contributed by atoms with Crippen LogP contribution in [0.5, 0.6) is 11.5 Å². The molecule has 2 aromatic rings. The van der Waals surface area contributed by atoms with Crippen LogP contribution in [-0.4, -0.2) is 24.4 Å². The van der Waals surface area contributed by atoms with E-state index < -0.39 is 4.92 Å². The van der Waals surface area contributed by atoms with Gasteiger partial charge in [-0.15, -0.1) is 0 Å². The Morgan fingerprint density at radius 1 is 1.23 bits per heavy atom. The Morgan fingerprint density at radius 3 is 2.64 bits per heavy atom. The number of carbonyl (C=O) groups excluding carboxylic acids is 1. The SMILES string of the molecule is COc1ccccc1C(=O)COc1ccc(Cl)cc1[N+](=O)[O-]. The Balaban J connectivity index is 2.16. The first-order valence-electron chi connectivity index (χ1n) is 6.26. The van der Waals surface area contributed by atoms with Crippen molar-refractivity contribution in [1.29, 1.82) is 0 Å². The van der Waals surface area contributed by atoms with E-state index in [1.807, 2.05) is 0 Å². The van der Waals surface area contributed by atoms with Gasteiger partial charge in [0.15, 0.2) is 12.4 Å². The molecule has 0 saturated carbocycles. The molecule has 2 rings (SSSR count). The summed E-state index contributed by atoms with van der Waals surface area (Å²) in [6, 6.07) is 10.7. The fraction of sp³-hybridized carbons (Fsp3) is 0.133. The topological polar surface area (TPSA) is 78.7 Å². The van der Waals surface area contributed by atoms with E-state index in [4.69, 9.17) is 21.1 Å². The number of benzene rings is 2. The highest BCUT2D eigenvalue weighted by Gasteiger charge is 2.18. The lowest BCUT2D eigenvalue weighted by molar-refractivity contribution is -0.385. The monoisotopic (exact) mass is 321 g/mol. The quantitative estimate of drug-likeness (QED) is 0.462. The maximum Gasteiger partial charge on any atom is 0.312 e. The van der Waals surface area contributed by atoms with Crippen molar-refractivity contribution in [3.8, 4) is 11.5 Å². The number of para-hydroxylation sites is 1. The summed E-state index contributed by atoms with van der Waals surface area (Å²) in [6.45, 7) is -0.344. The summed E-state index contributed by atoms with van der Waals surface area (Å²) < 4.78 is 10.4. The van der Waals surface area contributed by atoms with E-state index in [9.17, 15) is 14.9 Å². The minimum atomic E-state index is -0.616. The summed E-state index contributed by atoms with van der Waals surface area (Å²) in [6.07, 6.45) is 0. The molecule has 2 aromatic carbocycles. The van der Waals surface area contributed by atoms with Gasteiger partial charge in [0.2, 0.25) is 5.78 Å². The van der Waals surface area contributed by atoms with Gasteiger partial charge in [-0.3, -0.25) is 14.9 Å². The number of Topliss-reactive ketones (excluding diaryl/α,β-unsaturated/α-hetero) is 1. The molecule has 0 heterocycles. The van der Waals surface area contributed by atoms with Crippen molar-refractivity contribution >= 4 is 23.1 Å². The highest BCUT2D eigenvalue weighted by atomic mass is 35.5. The third kappa shape index (κ3) is 3.53. The van der Waals surface area contributed by atoms with Crippen LogP contribution < -0.4 is 9.47 Å². The number of ether oxygens (including phenoxy) is 2. The molecule has 0 aliphatic rings. The number of methoxy groups -OCH3 is 1. The van der Waals surface area contributed by atoms with Gasteiger partial charge < -0.3 is 9.47 Å². The van der Waals surface area contributed by atoms with E-state index >= 15 is 0 Å². The zero-order valence-corrected chi connectivity index (χ0v) is 12.4. The highest BCUT2D eigenvalue weighted by molar-refractivity contribution is 6.30. The van der Waals surface area contributed by atoms with Gasteiger partial charge >= 0.3 is 5.69 Å². The molecule has 7 heteroatoms. The molecule has 0 amide bonds. The molecule has 0 radical (unpaired) electrons. The van der Waals surface area contributed by atoms with Gasteiger partial charge in [-0.05, 0) is 24.3 Å². The molecule has 114 valence electrons. The van der Waals surface area contributed by atoms with Crippen molar-refractivity contribution in [2.24, 2.45) is 0 Å². The van der Waals surface area contributed by atoms with Crippen LogP contribution in [0.3, 0.4) is 0 Å². The van der Waals surface area contributed by atoms with Crippen molar-refractivity contribution in [2.45, 2.75) is 0 Å². The van der Waals surface area contributed by atoms with E-state index in [-0.39, 0.29) is 28.8 Å². The first-order chi connectivity index (χ1) is 10.5. The third-order valence-corrected chi connectivity index (χ3v) is 3.12. The Labute approximate surface area is 131 Å². The molecule has 0 fully saturated rings. The average molecular weight is 322 g/mol. The molecule has 22 heavy (non-hydrogen) atoms. The van der Waals surface area contributed by atoms with E-state index in [1.54, 1.807) is 24.3 Å². The molecular formula is C15H12ClNO5. The van der Waals surface area contributed by atoms with E-state index in [0.29, 0.717) is 11.3 Å². The molecule has 0 aromatic heterocycles. The summed E-state index contributed by atoms with van der Waals surface area (Å²) in [7, 11) is 1.46. The summed E-state index contributed by atoms with van der Waals surface area (Å²) >= 11 is 5.72. The number of nitro benzene ring substituents is 1. The van der Waals surface area contributed by atoms with Gasteiger partial charge in [0.25, 0.3) is 0 Å². The Morgan fingerprint density at radius 2 is 1.95 bits per heavy atom. The number of halogens is 1. The van der Waals surface area contributed by atoms with Crippen molar-refractivity contribution in [3.63, 3.8) is 0 Å². The van der Waals surface area contributed by atoms with Crippen molar-refractivity contribution in [3.05, 3.63) is 63.2 Å².